The first-order valence-electron chi connectivity index (χ1n) is 2.07. The number of quaternary nitrogens is 1. The van der Waals surface area contributed by atoms with E-state index in [1.807, 2.05) is 0 Å². The van der Waals surface area contributed by atoms with Crippen molar-refractivity contribution < 1.29 is 14.9 Å². The van der Waals surface area contributed by atoms with Crippen LogP contribution in [-0.2, 0) is 0 Å². The molecule has 4 nitrogen and oxygen atoms in total. The third-order valence-corrected chi connectivity index (χ3v) is 0.732. The Bertz CT molecular complexity index is 146. The van der Waals surface area contributed by atoms with Gasteiger partial charge in [-0.1, -0.05) is 0 Å². The molecule has 1 unspecified atom stereocenters. The summed E-state index contributed by atoms with van der Waals surface area (Å²) < 4.78 is 4.50. The fourth-order valence-electron chi connectivity index (χ4n) is 0.400. The summed E-state index contributed by atoms with van der Waals surface area (Å²) in [7, 11) is 0. The zero-order chi connectivity index (χ0) is 5.98. The van der Waals surface area contributed by atoms with Gasteiger partial charge >= 0.3 is 5.88 Å². The van der Waals surface area contributed by atoms with Crippen LogP contribution in [0.4, 0.5) is 5.88 Å². The van der Waals surface area contributed by atoms with Crippen LogP contribution >= 0.6 is 0 Å². The standard InChI is InChI=1S/C4H5NO3/c6-5(7)4-2-1-3-8-4/h1-3,5-6H. The maximum Gasteiger partial charge on any atom is 0.328 e. The summed E-state index contributed by atoms with van der Waals surface area (Å²) in [4.78, 5) is 0. The molecular formula is C4H5NO3. The van der Waals surface area contributed by atoms with E-state index in [1.165, 1.54) is 18.4 Å². The predicted octanol–water partition coefficient (Wildman–Crippen LogP) is -0.317. The third-order valence-electron chi connectivity index (χ3n) is 0.732. The maximum atomic E-state index is 9.97. The zero-order valence-electron chi connectivity index (χ0n) is 4.00. The lowest BCUT2D eigenvalue weighted by Crippen LogP contribution is -2.98. The minimum absolute atomic E-state index is 0.0231. The highest BCUT2D eigenvalue weighted by Crippen LogP contribution is 1.97. The summed E-state index contributed by atoms with van der Waals surface area (Å²) in [5, 5.41) is 17.1. The minimum atomic E-state index is -1.03. The van der Waals surface area contributed by atoms with Crippen LogP contribution in [0.2, 0.25) is 0 Å². The van der Waals surface area contributed by atoms with Crippen LogP contribution in [0.15, 0.2) is 22.8 Å². The second kappa shape index (κ2) is 1.95. The van der Waals surface area contributed by atoms with Crippen molar-refractivity contribution in [2.75, 3.05) is 0 Å². The Hall–Kier alpha value is -0.840. The lowest BCUT2D eigenvalue weighted by molar-refractivity contribution is -0.997. The molecule has 0 amide bonds. The second-order valence-corrected chi connectivity index (χ2v) is 1.28. The van der Waals surface area contributed by atoms with Crippen LogP contribution in [-0.4, -0.2) is 5.21 Å². The summed E-state index contributed by atoms with van der Waals surface area (Å²) in [5.74, 6) is -0.0231. The number of hydrogen-bond donors (Lipinski definition) is 2. The molecule has 0 fully saturated rings. The van der Waals surface area contributed by atoms with Crippen molar-refractivity contribution in [2.45, 2.75) is 0 Å². The summed E-state index contributed by atoms with van der Waals surface area (Å²) in [6.45, 7) is 0. The third kappa shape index (κ3) is 0.865. The Morgan fingerprint density at radius 3 is 2.75 bits per heavy atom. The van der Waals surface area contributed by atoms with Gasteiger partial charge in [0.05, 0.1) is 6.26 Å². The molecule has 1 aromatic heterocycles. The largest absolute Gasteiger partial charge is 0.592 e. The van der Waals surface area contributed by atoms with Gasteiger partial charge in [-0.2, -0.15) is 5.23 Å². The van der Waals surface area contributed by atoms with Crippen LogP contribution in [0.5, 0.6) is 0 Å². The van der Waals surface area contributed by atoms with Crippen LogP contribution in [0.25, 0.3) is 0 Å². The SMILES string of the molecule is [O-][NH+](O)c1ccco1. The van der Waals surface area contributed by atoms with E-state index in [9.17, 15) is 5.21 Å². The Morgan fingerprint density at radius 2 is 2.50 bits per heavy atom. The summed E-state index contributed by atoms with van der Waals surface area (Å²) in [6.07, 6.45) is 1.32. The Morgan fingerprint density at radius 1 is 1.75 bits per heavy atom. The van der Waals surface area contributed by atoms with Gasteiger partial charge in [-0.05, 0) is 6.07 Å². The highest BCUT2D eigenvalue weighted by atomic mass is 16.8. The van der Waals surface area contributed by atoms with Gasteiger partial charge in [-0.3, -0.25) is 0 Å². The molecule has 1 aromatic rings. The smallest absolute Gasteiger partial charge is 0.328 e. The molecule has 0 saturated carbocycles. The zero-order valence-corrected chi connectivity index (χ0v) is 4.00. The highest BCUT2D eigenvalue weighted by molar-refractivity contribution is 5.10. The fraction of sp³-hybridized carbons (Fsp3) is 0. The van der Waals surface area contributed by atoms with Gasteiger partial charge < -0.3 is 9.62 Å². The molecule has 8 heavy (non-hydrogen) atoms. The van der Waals surface area contributed by atoms with Crippen molar-refractivity contribution in [1.29, 1.82) is 0 Å². The molecule has 0 aliphatic heterocycles. The van der Waals surface area contributed by atoms with Gasteiger partial charge in [0.25, 0.3) is 0 Å². The fourth-order valence-corrected chi connectivity index (χ4v) is 0.400. The van der Waals surface area contributed by atoms with E-state index >= 15 is 0 Å². The van der Waals surface area contributed by atoms with Gasteiger partial charge in [-0.15, -0.1) is 0 Å². The van der Waals surface area contributed by atoms with Crippen molar-refractivity contribution in [2.24, 2.45) is 0 Å². The normalized spacial score (nSPS) is 13.8. The molecule has 0 bridgehead atoms. The first kappa shape index (κ1) is 5.30. The molecule has 0 radical (unpaired) electrons. The summed E-state index contributed by atoms with van der Waals surface area (Å²) in [5.41, 5.74) is 0. The van der Waals surface area contributed by atoms with Crippen molar-refractivity contribution in [3.05, 3.63) is 23.6 Å². The Kier molecular flexibility index (Phi) is 1.29. The molecule has 1 heterocycles. The van der Waals surface area contributed by atoms with E-state index in [4.69, 9.17) is 5.21 Å². The molecule has 1 rings (SSSR count). The van der Waals surface area contributed by atoms with Gasteiger partial charge in [0.15, 0.2) is 0 Å². The molecule has 2 N–H and O–H groups in total. The molecule has 0 saturated heterocycles. The monoisotopic (exact) mass is 115 g/mol. The molecular weight excluding hydrogens is 110 g/mol. The number of hydrogen-bond acceptors (Lipinski definition) is 3. The van der Waals surface area contributed by atoms with Gasteiger partial charge in [0.1, 0.15) is 0 Å². The average molecular weight is 115 g/mol. The van der Waals surface area contributed by atoms with E-state index in [0.29, 0.717) is 0 Å². The van der Waals surface area contributed by atoms with E-state index < -0.39 is 5.23 Å². The van der Waals surface area contributed by atoms with Crippen LogP contribution in [0, 0.1) is 5.21 Å². The first-order valence-corrected chi connectivity index (χ1v) is 2.07. The molecule has 0 aliphatic rings. The molecule has 0 spiro atoms. The Balaban J connectivity index is 2.77. The van der Waals surface area contributed by atoms with Crippen molar-refractivity contribution in [3.8, 4) is 0 Å². The van der Waals surface area contributed by atoms with Crippen molar-refractivity contribution in [1.82, 2.24) is 0 Å². The quantitative estimate of drug-likeness (QED) is 0.493. The van der Waals surface area contributed by atoms with E-state index in [0.717, 1.165) is 0 Å². The maximum absolute atomic E-state index is 9.97. The van der Waals surface area contributed by atoms with E-state index in [1.54, 1.807) is 0 Å². The van der Waals surface area contributed by atoms with Crippen LogP contribution in [0.3, 0.4) is 0 Å². The minimum Gasteiger partial charge on any atom is -0.592 e. The Labute approximate surface area is 45.5 Å². The first-order chi connectivity index (χ1) is 3.80. The summed E-state index contributed by atoms with van der Waals surface area (Å²) in [6, 6.07) is 2.92. The lowest BCUT2D eigenvalue weighted by Gasteiger charge is -2.05. The van der Waals surface area contributed by atoms with Gasteiger partial charge in [0.2, 0.25) is 0 Å². The van der Waals surface area contributed by atoms with Crippen molar-refractivity contribution in [3.63, 3.8) is 0 Å². The van der Waals surface area contributed by atoms with Gasteiger partial charge in [0, 0.05) is 6.07 Å². The van der Waals surface area contributed by atoms with E-state index in [-0.39, 0.29) is 5.88 Å². The van der Waals surface area contributed by atoms with Crippen molar-refractivity contribution >= 4 is 5.88 Å². The van der Waals surface area contributed by atoms with Crippen LogP contribution < -0.4 is 5.23 Å². The molecule has 1 atom stereocenters. The molecule has 44 valence electrons. The molecule has 0 aliphatic carbocycles. The predicted molar refractivity (Wildman–Crippen MR) is 24.5 cm³/mol. The topological polar surface area (TPSA) is 60.9 Å². The van der Waals surface area contributed by atoms with Gasteiger partial charge in [-0.25, -0.2) is 5.21 Å². The van der Waals surface area contributed by atoms with Crippen LogP contribution in [0.1, 0.15) is 0 Å². The lowest BCUT2D eigenvalue weighted by atomic mass is 10.6. The average Bonchev–Trinajstić information content (AvgIpc) is 2.12. The highest BCUT2D eigenvalue weighted by Gasteiger charge is 1.98. The number of nitrogens with one attached hydrogen (secondary N) is 1. The molecule has 4 heteroatoms. The number of furan rings is 1. The van der Waals surface area contributed by atoms with E-state index in [2.05, 4.69) is 4.42 Å². The molecule has 0 aromatic carbocycles. The second-order valence-electron chi connectivity index (χ2n) is 1.28. The number of rotatable bonds is 1. The summed E-state index contributed by atoms with van der Waals surface area (Å²) >= 11 is 0.